The molecule has 1 fully saturated rings. The minimum atomic E-state index is 0.154. The van der Waals surface area contributed by atoms with Crippen LogP contribution in [0.4, 0.5) is 0 Å². The number of halogens is 1. The maximum absolute atomic E-state index is 12.5. The smallest absolute Gasteiger partial charge is 0.255 e. The Balaban J connectivity index is 2.10. The van der Waals surface area contributed by atoms with Gasteiger partial charge in [0.2, 0.25) is 0 Å². The highest BCUT2D eigenvalue weighted by molar-refractivity contribution is 9.10. The monoisotopic (exact) mass is 310 g/mol. The lowest BCUT2D eigenvalue weighted by atomic mass is 10.1. The first-order chi connectivity index (χ1) is 8.74. The van der Waals surface area contributed by atoms with Gasteiger partial charge in [0.25, 0.3) is 5.91 Å². The van der Waals surface area contributed by atoms with Crippen LogP contribution < -0.4 is 5.32 Å². The summed E-state index contributed by atoms with van der Waals surface area (Å²) in [5.41, 5.74) is 0.772. The average molecular weight is 311 g/mol. The van der Waals surface area contributed by atoms with Crippen molar-refractivity contribution in [3.8, 4) is 0 Å². The van der Waals surface area contributed by atoms with Gasteiger partial charge in [-0.2, -0.15) is 0 Å². The molecule has 1 aromatic rings. The van der Waals surface area contributed by atoms with Gasteiger partial charge in [0.1, 0.15) is 0 Å². The summed E-state index contributed by atoms with van der Waals surface area (Å²) < 4.78 is 0.884. The molecule has 18 heavy (non-hydrogen) atoms. The molecule has 3 nitrogen and oxygen atoms in total. The standard InChI is InChI=1S/C14H19BrN2O/c1-16-9-8-11-5-4-10-17(11)14(18)12-6-2-3-7-13(12)15/h2-3,6-7,11,16H,4-5,8-10H2,1H3. The Hall–Kier alpha value is -0.870. The highest BCUT2D eigenvalue weighted by atomic mass is 79.9. The summed E-state index contributed by atoms with van der Waals surface area (Å²) in [7, 11) is 1.95. The van der Waals surface area contributed by atoms with Crippen LogP contribution >= 0.6 is 15.9 Å². The van der Waals surface area contributed by atoms with Gasteiger partial charge >= 0.3 is 0 Å². The third-order valence-electron chi connectivity index (χ3n) is 3.47. The molecule has 0 aromatic heterocycles. The zero-order valence-corrected chi connectivity index (χ0v) is 12.2. The second kappa shape index (κ2) is 6.34. The molecular weight excluding hydrogens is 292 g/mol. The number of nitrogens with one attached hydrogen (secondary N) is 1. The van der Waals surface area contributed by atoms with Crippen LogP contribution in [0.15, 0.2) is 28.7 Å². The number of carbonyl (C=O) groups is 1. The van der Waals surface area contributed by atoms with E-state index in [-0.39, 0.29) is 5.91 Å². The van der Waals surface area contributed by atoms with Crippen LogP contribution in [0.1, 0.15) is 29.6 Å². The fourth-order valence-corrected chi connectivity index (χ4v) is 2.96. The Bertz CT molecular complexity index is 422. The largest absolute Gasteiger partial charge is 0.336 e. The third-order valence-corrected chi connectivity index (χ3v) is 4.16. The molecule has 1 aliphatic heterocycles. The first-order valence-corrected chi connectivity index (χ1v) is 7.23. The number of likely N-dealkylation sites (tertiary alicyclic amines) is 1. The van der Waals surface area contributed by atoms with Crippen molar-refractivity contribution in [2.24, 2.45) is 0 Å². The number of rotatable bonds is 4. The lowest BCUT2D eigenvalue weighted by molar-refractivity contribution is 0.0730. The molecule has 0 bridgehead atoms. The minimum absolute atomic E-state index is 0.154. The molecule has 1 amide bonds. The molecule has 1 N–H and O–H groups in total. The molecule has 1 aliphatic rings. The van der Waals surface area contributed by atoms with E-state index in [0.29, 0.717) is 6.04 Å². The molecule has 0 radical (unpaired) electrons. The SMILES string of the molecule is CNCCC1CCCN1C(=O)c1ccccc1Br. The maximum Gasteiger partial charge on any atom is 0.255 e. The van der Waals surface area contributed by atoms with Gasteiger partial charge in [0.15, 0.2) is 0 Å². The van der Waals surface area contributed by atoms with Gasteiger partial charge in [-0.05, 0) is 60.9 Å². The van der Waals surface area contributed by atoms with Crippen molar-refractivity contribution in [1.82, 2.24) is 10.2 Å². The van der Waals surface area contributed by atoms with E-state index < -0.39 is 0 Å². The van der Waals surface area contributed by atoms with E-state index in [1.54, 1.807) is 0 Å². The van der Waals surface area contributed by atoms with E-state index in [0.717, 1.165) is 42.4 Å². The quantitative estimate of drug-likeness (QED) is 0.927. The first-order valence-electron chi connectivity index (χ1n) is 6.44. The van der Waals surface area contributed by atoms with E-state index >= 15 is 0 Å². The molecule has 0 saturated carbocycles. The van der Waals surface area contributed by atoms with E-state index in [9.17, 15) is 4.79 Å². The van der Waals surface area contributed by atoms with Crippen LogP contribution in [0.2, 0.25) is 0 Å². The molecule has 1 atom stereocenters. The fraction of sp³-hybridized carbons (Fsp3) is 0.500. The summed E-state index contributed by atoms with van der Waals surface area (Å²) >= 11 is 3.46. The second-order valence-electron chi connectivity index (χ2n) is 4.67. The van der Waals surface area contributed by atoms with Gasteiger partial charge in [-0.15, -0.1) is 0 Å². The summed E-state index contributed by atoms with van der Waals surface area (Å²) in [6, 6.07) is 8.04. The number of amides is 1. The number of carbonyl (C=O) groups excluding carboxylic acids is 1. The van der Waals surface area contributed by atoms with Crippen molar-refractivity contribution in [1.29, 1.82) is 0 Å². The highest BCUT2D eigenvalue weighted by Crippen LogP contribution is 2.25. The Morgan fingerprint density at radius 3 is 3.00 bits per heavy atom. The van der Waals surface area contributed by atoms with Crippen molar-refractivity contribution in [2.45, 2.75) is 25.3 Å². The summed E-state index contributed by atoms with van der Waals surface area (Å²) in [6.45, 7) is 1.85. The molecule has 1 saturated heterocycles. The lowest BCUT2D eigenvalue weighted by Gasteiger charge is -2.25. The van der Waals surface area contributed by atoms with E-state index in [4.69, 9.17) is 0 Å². The Morgan fingerprint density at radius 2 is 2.28 bits per heavy atom. The zero-order chi connectivity index (χ0) is 13.0. The Kier molecular flexibility index (Phi) is 4.78. The van der Waals surface area contributed by atoms with Crippen LogP contribution in [0, 0.1) is 0 Å². The number of hydrogen-bond donors (Lipinski definition) is 1. The summed E-state index contributed by atoms with van der Waals surface area (Å²) in [5.74, 6) is 0.154. The van der Waals surface area contributed by atoms with Gasteiger partial charge < -0.3 is 10.2 Å². The molecule has 98 valence electrons. The molecule has 1 heterocycles. The summed E-state index contributed by atoms with van der Waals surface area (Å²) in [5, 5.41) is 3.16. The van der Waals surface area contributed by atoms with Gasteiger partial charge in [0.05, 0.1) is 5.56 Å². The van der Waals surface area contributed by atoms with Crippen LogP contribution in [-0.2, 0) is 0 Å². The molecule has 0 spiro atoms. The summed E-state index contributed by atoms with van der Waals surface area (Å²) in [4.78, 5) is 14.5. The Morgan fingerprint density at radius 1 is 1.50 bits per heavy atom. The van der Waals surface area contributed by atoms with Crippen molar-refractivity contribution >= 4 is 21.8 Å². The highest BCUT2D eigenvalue weighted by Gasteiger charge is 2.29. The topological polar surface area (TPSA) is 32.3 Å². The van der Waals surface area contributed by atoms with E-state index in [1.807, 2.05) is 36.2 Å². The molecule has 0 aliphatic carbocycles. The fourth-order valence-electron chi connectivity index (χ4n) is 2.50. The molecule has 1 unspecified atom stereocenters. The van der Waals surface area contributed by atoms with Crippen molar-refractivity contribution in [2.75, 3.05) is 20.1 Å². The van der Waals surface area contributed by atoms with Gasteiger partial charge in [-0.1, -0.05) is 12.1 Å². The first kappa shape index (κ1) is 13.6. The third kappa shape index (κ3) is 2.93. The van der Waals surface area contributed by atoms with Crippen LogP contribution in [-0.4, -0.2) is 37.0 Å². The predicted octanol–water partition coefficient (Wildman–Crippen LogP) is 2.66. The molecule has 1 aromatic carbocycles. The van der Waals surface area contributed by atoms with Gasteiger partial charge in [-0.25, -0.2) is 0 Å². The average Bonchev–Trinajstić information content (AvgIpc) is 2.84. The lowest BCUT2D eigenvalue weighted by Crippen LogP contribution is -2.37. The van der Waals surface area contributed by atoms with Crippen molar-refractivity contribution in [3.63, 3.8) is 0 Å². The van der Waals surface area contributed by atoms with Crippen molar-refractivity contribution in [3.05, 3.63) is 34.3 Å². The van der Waals surface area contributed by atoms with E-state index in [1.165, 1.54) is 0 Å². The Labute approximate surface area is 117 Å². The molecule has 2 rings (SSSR count). The van der Waals surface area contributed by atoms with Crippen LogP contribution in [0.5, 0.6) is 0 Å². The van der Waals surface area contributed by atoms with Crippen LogP contribution in [0.3, 0.4) is 0 Å². The molecular formula is C14H19BrN2O. The number of benzene rings is 1. The minimum Gasteiger partial charge on any atom is -0.336 e. The second-order valence-corrected chi connectivity index (χ2v) is 5.52. The van der Waals surface area contributed by atoms with Crippen molar-refractivity contribution < 1.29 is 4.79 Å². The van der Waals surface area contributed by atoms with Crippen LogP contribution in [0.25, 0.3) is 0 Å². The van der Waals surface area contributed by atoms with Gasteiger partial charge in [-0.3, -0.25) is 4.79 Å². The van der Waals surface area contributed by atoms with Gasteiger partial charge in [0, 0.05) is 17.1 Å². The number of nitrogens with zero attached hydrogens (tertiary/aromatic N) is 1. The molecule has 4 heteroatoms. The maximum atomic E-state index is 12.5. The number of hydrogen-bond acceptors (Lipinski definition) is 2. The zero-order valence-electron chi connectivity index (χ0n) is 10.7. The predicted molar refractivity (Wildman–Crippen MR) is 76.7 cm³/mol. The summed E-state index contributed by atoms with van der Waals surface area (Å²) in [6.07, 6.45) is 3.27. The van der Waals surface area contributed by atoms with E-state index in [2.05, 4.69) is 21.2 Å². The normalized spacial score (nSPS) is 19.2.